The van der Waals surface area contributed by atoms with E-state index in [2.05, 4.69) is 10.3 Å². The van der Waals surface area contributed by atoms with Gasteiger partial charge < -0.3 is 19.4 Å². The number of carboxylic acids is 1. The Morgan fingerprint density at radius 3 is 3.06 bits per heavy atom. The molecular formula is C10H11N3O3. The predicted molar refractivity (Wildman–Crippen MR) is 56.4 cm³/mol. The maximum Gasteiger partial charge on any atom is 0.371 e. The average Bonchev–Trinajstić information content (AvgIpc) is 2.87. The summed E-state index contributed by atoms with van der Waals surface area (Å²) in [4.78, 5) is 14.5. The standard InChI is InChI=1S/C10H11N3O3/c14-10(15)8-1-2-9(16-8)12-4-6-13-5-3-11-7-13/h1-3,5,7,12H,4,6H2,(H,14,15). The van der Waals surface area contributed by atoms with Crippen molar-refractivity contribution in [3.63, 3.8) is 0 Å². The van der Waals surface area contributed by atoms with Gasteiger partial charge in [-0.15, -0.1) is 0 Å². The second-order valence-electron chi connectivity index (χ2n) is 3.20. The Morgan fingerprint density at radius 2 is 2.44 bits per heavy atom. The van der Waals surface area contributed by atoms with Gasteiger partial charge in [-0.1, -0.05) is 0 Å². The maximum atomic E-state index is 10.5. The Labute approximate surface area is 91.5 Å². The van der Waals surface area contributed by atoms with Crippen LogP contribution in [0.3, 0.4) is 0 Å². The van der Waals surface area contributed by atoms with Gasteiger partial charge in [-0.3, -0.25) is 0 Å². The lowest BCUT2D eigenvalue weighted by Gasteiger charge is -2.03. The van der Waals surface area contributed by atoms with E-state index in [9.17, 15) is 4.79 Å². The predicted octanol–water partition coefficient (Wildman–Crippen LogP) is 1.29. The van der Waals surface area contributed by atoms with Crippen LogP contribution in [-0.4, -0.2) is 27.2 Å². The molecule has 2 rings (SSSR count). The SMILES string of the molecule is O=C(O)c1ccc(NCCn2ccnc2)o1. The molecule has 0 aliphatic carbocycles. The third kappa shape index (κ3) is 2.41. The number of carboxylic acid groups (broad SMARTS) is 1. The molecular weight excluding hydrogens is 210 g/mol. The summed E-state index contributed by atoms with van der Waals surface area (Å²) in [7, 11) is 0. The summed E-state index contributed by atoms with van der Waals surface area (Å²) in [5.74, 6) is -0.676. The van der Waals surface area contributed by atoms with Crippen LogP contribution in [0.4, 0.5) is 5.88 Å². The van der Waals surface area contributed by atoms with E-state index in [1.807, 2.05) is 10.8 Å². The van der Waals surface area contributed by atoms with Gasteiger partial charge in [0.25, 0.3) is 0 Å². The molecule has 0 aliphatic heterocycles. The molecule has 0 radical (unpaired) electrons. The van der Waals surface area contributed by atoms with Crippen molar-refractivity contribution in [2.24, 2.45) is 0 Å². The summed E-state index contributed by atoms with van der Waals surface area (Å²) in [6.07, 6.45) is 5.27. The minimum absolute atomic E-state index is 0.0647. The Kier molecular flexibility index (Phi) is 2.90. The highest BCUT2D eigenvalue weighted by Crippen LogP contribution is 2.12. The topological polar surface area (TPSA) is 80.3 Å². The number of furan rings is 1. The number of aromatic nitrogens is 2. The van der Waals surface area contributed by atoms with E-state index in [4.69, 9.17) is 9.52 Å². The molecule has 16 heavy (non-hydrogen) atoms. The number of nitrogens with zero attached hydrogens (tertiary/aromatic N) is 2. The lowest BCUT2D eigenvalue weighted by molar-refractivity contribution is 0.0663. The van der Waals surface area contributed by atoms with Crippen LogP contribution in [0.5, 0.6) is 0 Å². The molecule has 0 unspecified atom stereocenters. The van der Waals surface area contributed by atoms with Crippen molar-refractivity contribution in [1.29, 1.82) is 0 Å². The van der Waals surface area contributed by atoms with Gasteiger partial charge in [-0.2, -0.15) is 0 Å². The van der Waals surface area contributed by atoms with Crippen molar-refractivity contribution in [1.82, 2.24) is 9.55 Å². The first-order chi connectivity index (χ1) is 7.75. The average molecular weight is 221 g/mol. The number of nitrogens with one attached hydrogen (secondary N) is 1. The highest BCUT2D eigenvalue weighted by Gasteiger charge is 2.07. The van der Waals surface area contributed by atoms with Crippen molar-refractivity contribution < 1.29 is 14.3 Å². The Hall–Kier alpha value is -2.24. The van der Waals surface area contributed by atoms with Crippen LogP contribution >= 0.6 is 0 Å². The zero-order valence-corrected chi connectivity index (χ0v) is 8.46. The molecule has 0 spiro atoms. The number of hydrogen-bond acceptors (Lipinski definition) is 4. The summed E-state index contributed by atoms with van der Waals surface area (Å²) in [6.45, 7) is 1.38. The smallest absolute Gasteiger partial charge is 0.371 e. The number of rotatable bonds is 5. The molecule has 0 aliphatic rings. The minimum Gasteiger partial charge on any atom is -0.475 e. The monoisotopic (exact) mass is 221 g/mol. The van der Waals surface area contributed by atoms with E-state index in [0.717, 1.165) is 6.54 Å². The second kappa shape index (κ2) is 4.52. The fourth-order valence-corrected chi connectivity index (χ4v) is 1.28. The molecule has 0 fully saturated rings. The number of hydrogen-bond donors (Lipinski definition) is 2. The summed E-state index contributed by atoms with van der Waals surface area (Å²) < 4.78 is 6.94. The van der Waals surface area contributed by atoms with Gasteiger partial charge in [0, 0.05) is 31.5 Å². The molecule has 0 saturated heterocycles. The van der Waals surface area contributed by atoms with E-state index >= 15 is 0 Å². The fraction of sp³-hybridized carbons (Fsp3) is 0.200. The molecule has 0 aromatic carbocycles. The van der Waals surface area contributed by atoms with Crippen molar-refractivity contribution in [2.45, 2.75) is 6.54 Å². The van der Waals surface area contributed by atoms with Crippen LogP contribution < -0.4 is 5.32 Å². The molecule has 0 saturated carbocycles. The van der Waals surface area contributed by atoms with Gasteiger partial charge in [-0.05, 0) is 6.07 Å². The summed E-state index contributed by atoms with van der Waals surface area (Å²) in [5, 5.41) is 11.6. The van der Waals surface area contributed by atoms with Gasteiger partial charge in [0.1, 0.15) is 0 Å². The lowest BCUT2D eigenvalue weighted by Crippen LogP contribution is -2.08. The zero-order valence-electron chi connectivity index (χ0n) is 8.46. The Morgan fingerprint density at radius 1 is 1.56 bits per heavy atom. The van der Waals surface area contributed by atoms with Crippen LogP contribution in [0.25, 0.3) is 0 Å². The van der Waals surface area contributed by atoms with Crippen molar-refractivity contribution in [2.75, 3.05) is 11.9 Å². The van der Waals surface area contributed by atoms with Crippen LogP contribution in [-0.2, 0) is 6.54 Å². The van der Waals surface area contributed by atoms with E-state index in [1.165, 1.54) is 6.07 Å². The van der Waals surface area contributed by atoms with E-state index in [0.29, 0.717) is 12.4 Å². The fourth-order valence-electron chi connectivity index (χ4n) is 1.28. The second-order valence-corrected chi connectivity index (χ2v) is 3.20. The molecule has 2 aromatic heterocycles. The summed E-state index contributed by atoms with van der Waals surface area (Å²) in [6, 6.07) is 3.01. The van der Waals surface area contributed by atoms with E-state index < -0.39 is 5.97 Å². The van der Waals surface area contributed by atoms with Gasteiger partial charge in [-0.25, -0.2) is 9.78 Å². The first-order valence-electron chi connectivity index (χ1n) is 4.78. The van der Waals surface area contributed by atoms with Gasteiger partial charge >= 0.3 is 5.97 Å². The molecule has 6 heteroatoms. The van der Waals surface area contributed by atoms with Crippen LogP contribution in [0, 0.1) is 0 Å². The highest BCUT2D eigenvalue weighted by molar-refractivity contribution is 5.84. The summed E-state index contributed by atoms with van der Waals surface area (Å²) >= 11 is 0. The third-order valence-electron chi connectivity index (χ3n) is 2.05. The number of imidazole rings is 1. The van der Waals surface area contributed by atoms with Crippen LogP contribution in [0.1, 0.15) is 10.6 Å². The maximum absolute atomic E-state index is 10.5. The first kappa shape index (κ1) is 10.3. The Bertz CT molecular complexity index is 461. The Balaban J connectivity index is 1.83. The zero-order chi connectivity index (χ0) is 11.4. The van der Waals surface area contributed by atoms with Gasteiger partial charge in [0.2, 0.25) is 5.76 Å². The quantitative estimate of drug-likeness (QED) is 0.795. The van der Waals surface area contributed by atoms with Gasteiger partial charge in [0.05, 0.1) is 6.33 Å². The van der Waals surface area contributed by atoms with Gasteiger partial charge in [0.15, 0.2) is 5.88 Å². The minimum atomic E-state index is -1.07. The van der Waals surface area contributed by atoms with Crippen molar-refractivity contribution in [3.8, 4) is 0 Å². The number of carbonyl (C=O) groups is 1. The van der Waals surface area contributed by atoms with Crippen LogP contribution in [0.15, 0.2) is 35.3 Å². The molecule has 0 atom stereocenters. The van der Waals surface area contributed by atoms with Crippen LogP contribution in [0.2, 0.25) is 0 Å². The molecule has 84 valence electrons. The van der Waals surface area contributed by atoms with E-state index in [-0.39, 0.29) is 5.76 Å². The molecule has 0 bridgehead atoms. The highest BCUT2D eigenvalue weighted by atomic mass is 16.4. The number of anilines is 1. The molecule has 0 amide bonds. The van der Waals surface area contributed by atoms with E-state index in [1.54, 1.807) is 18.6 Å². The number of aromatic carboxylic acids is 1. The van der Waals surface area contributed by atoms with Crippen molar-refractivity contribution in [3.05, 3.63) is 36.6 Å². The molecule has 2 aromatic rings. The molecule has 2 heterocycles. The van der Waals surface area contributed by atoms with Crippen molar-refractivity contribution >= 4 is 11.9 Å². The largest absolute Gasteiger partial charge is 0.475 e. The lowest BCUT2D eigenvalue weighted by atomic mass is 10.4. The first-order valence-corrected chi connectivity index (χ1v) is 4.78. The molecule has 2 N–H and O–H groups in total. The normalized spacial score (nSPS) is 10.2. The third-order valence-corrected chi connectivity index (χ3v) is 2.05. The molecule has 6 nitrogen and oxygen atoms in total. The summed E-state index contributed by atoms with van der Waals surface area (Å²) in [5.41, 5.74) is 0.